The summed E-state index contributed by atoms with van der Waals surface area (Å²) < 4.78 is 8.01. The van der Waals surface area contributed by atoms with Gasteiger partial charge in [0, 0.05) is 12.5 Å². The van der Waals surface area contributed by atoms with Crippen molar-refractivity contribution < 1.29 is 9.21 Å². The number of para-hydroxylation sites is 2. The third-order valence-corrected chi connectivity index (χ3v) is 5.12. The zero-order valence-electron chi connectivity index (χ0n) is 17.2. The number of hydrogen-bond acceptors (Lipinski definition) is 4. The fourth-order valence-corrected chi connectivity index (χ4v) is 3.70. The van der Waals surface area contributed by atoms with Crippen molar-refractivity contribution in [1.82, 2.24) is 14.5 Å². The molecule has 2 aromatic carbocycles. The molecule has 158 valence electrons. The van der Waals surface area contributed by atoms with E-state index >= 15 is 0 Å². The van der Waals surface area contributed by atoms with Gasteiger partial charge in [-0.2, -0.15) is 0 Å². The van der Waals surface area contributed by atoms with Crippen molar-refractivity contribution in [1.29, 1.82) is 0 Å². The highest BCUT2D eigenvalue weighted by molar-refractivity contribution is 5.80. The number of hydrogen-bond donors (Lipinski definition) is 1. The Morgan fingerprint density at radius 2 is 1.55 bits per heavy atom. The van der Waals surface area contributed by atoms with Crippen molar-refractivity contribution in [3.05, 3.63) is 105 Å². The molecule has 0 bridgehead atoms. The van der Waals surface area contributed by atoms with Crippen molar-refractivity contribution in [2.24, 2.45) is 0 Å². The van der Waals surface area contributed by atoms with Crippen molar-refractivity contribution >= 4 is 16.9 Å². The first kappa shape index (κ1) is 20.4. The Morgan fingerprint density at radius 1 is 0.903 bits per heavy atom. The molecule has 0 aliphatic rings. The van der Waals surface area contributed by atoms with Crippen molar-refractivity contribution in [2.75, 3.05) is 0 Å². The highest BCUT2D eigenvalue weighted by atomic mass is 16.3. The number of nitrogens with zero attached hydrogens (tertiary/aromatic N) is 2. The lowest BCUT2D eigenvalue weighted by molar-refractivity contribution is -0.122. The molecule has 0 radical (unpaired) electrons. The molecule has 1 amide bonds. The van der Waals surface area contributed by atoms with Gasteiger partial charge >= 0.3 is 11.1 Å². The summed E-state index contributed by atoms with van der Waals surface area (Å²) in [6, 6.07) is 20.1. The van der Waals surface area contributed by atoms with Crippen LogP contribution in [0.2, 0.25) is 0 Å². The maximum Gasteiger partial charge on any atom is 0.317 e. The van der Waals surface area contributed by atoms with E-state index in [0.717, 1.165) is 11.3 Å². The first-order valence-electron chi connectivity index (χ1n) is 10.1. The highest BCUT2D eigenvalue weighted by Gasteiger charge is 2.17. The summed E-state index contributed by atoms with van der Waals surface area (Å²) in [6.45, 7) is 1.91. The number of nitrogens with one attached hydrogen (secondary N) is 1. The fraction of sp³-hybridized carbons (Fsp3) is 0.208. The van der Waals surface area contributed by atoms with Crippen LogP contribution in [0.15, 0.2) is 87.0 Å². The lowest BCUT2D eigenvalue weighted by atomic mass is 10.2. The maximum atomic E-state index is 12.9. The average Bonchev–Trinajstić information content (AvgIpc) is 3.28. The van der Waals surface area contributed by atoms with Crippen LogP contribution in [0.1, 0.15) is 18.2 Å². The predicted octanol–water partition coefficient (Wildman–Crippen LogP) is 2.55. The number of carbonyl (C=O) groups excluding carboxylic acids is 1. The van der Waals surface area contributed by atoms with Gasteiger partial charge in [0.05, 0.1) is 23.8 Å². The first-order chi connectivity index (χ1) is 15.0. The van der Waals surface area contributed by atoms with Gasteiger partial charge in [-0.25, -0.2) is 0 Å². The van der Waals surface area contributed by atoms with E-state index in [1.54, 1.807) is 30.5 Å². The predicted molar refractivity (Wildman–Crippen MR) is 118 cm³/mol. The van der Waals surface area contributed by atoms with Crippen LogP contribution in [-0.2, 0) is 24.3 Å². The van der Waals surface area contributed by atoms with Crippen LogP contribution in [0, 0.1) is 0 Å². The third kappa shape index (κ3) is 4.50. The average molecular weight is 417 g/mol. The van der Waals surface area contributed by atoms with Crippen LogP contribution in [0.25, 0.3) is 11.0 Å². The minimum absolute atomic E-state index is 0.181. The second kappa shape index (κ2) is 8.87. The molecular weight excluding hydrogens is 394 g/mol. The lowest BCUT2D eigenvalue weighted by Gasteiger charge is -2.17. The Morgan fingerprint density at radius 3 is 2.23 bits per heavy atom. The van der Waals surface area contributed by atoms with Gasteiger partial charge in [0.1, 0.15) is 12.3 Å². The normalized spacial score (nSPS) is 12.0. The summed E-state index contributed by atoms with van der Waals surface area (Å²) in [5.41, 5.74) is 0.683. The van der Waals surface area contributed by atoms with Crippen LogP contribution in [0.4, 0.5) is 0 Å². The Labute approximate surface area is 178 Å². The van der Waals surface area contributed by atoms with Crippen molar-refractivity contribution in [3.63, 3.8) is 0 Å². The van der Waals surface area contributed by atoms with Gasteiger partial charge in [-0.15, -0.1) is 0 Å². The van der Waals surface area contributed by atoms with E-state index in [2.05, 4.69) is 5.32 Å². The molecule has 0 saturated heterocycles. The van der Waals surface area contributed by atoms with E-state index < -0.39 is 11.1 Å². The minimum atomic E-state index is -0.719. The molecule has 0 aliphatic heterocycles. The van der Waals surface area contributed by atoms with Gasteiger partial charge in [-0.1, -0.05) is 42.5 Å². The van der Waals surface area contributed by atoms with Gasteiger partial charge in [0.15, 0.2) is 0 Å². The minimum Gasteiger partial charge on any atom is -0.469 e. The van der Waals surface area contributed by atoms with Gasteiger partial charge in [-0.05, 0) is 36.8 Å². The van der Waals surface area contributed by atoms with E-state index in [4.69, 9.17) is 4.42 Å². The number of carbonyl (C=O) groups is 1. The molecule has 0 unspecified atom stereocenters. The van der Waals surface area contributed by atoms with E-state index in [1.807, 2.05) is 49.4 Å². The molecule has 0 fully saturated rings. The van der Waals surface area contributed by atoms with E-state index in [1.165, 1.54) is 9.13 Å². The molecule has 4 aromatic rings. The van der Waals surface area contributed by atoms with Crippen LogP contribution >= 0.6 is 0 Å². The molecule has 0 spiro atoms. The number of amides is 1. The summed E-state index contributed by atoms with van der Waals surface area (Å²) in [6.07, 6.45) is 2.12. The second-order valence-electron chi connectivity index (χ2n) is 7.51. The molecule has 2 heterocycles. The maximum absolute atomic E-state index is 12.9. The zero-order valence-corrected chi connectivity index (χ0v) is 17.2. The monoisotopic (exact) mass is 417 g/mol. The van der Waals surface area contributed by atoms with Gasteiger partial charge in [0.25, 0.3) is 0 Å². The van der Waals surface area contributed by atoms with Crippen molar-refractivity contribution in [3.8, 4) is 0 Å². The molecule has 0 saturated carbocycles. The van der Waals surface area contributed by atoms with Gasteiger partial charge in [-0.3, -0.25) is 23.5 Å². The smallest absolute Gasteiger partial charge is 0.317 e. The van der Waals surface area contributed by atoms with E-state index in [0.29, 0.717) is 17.5 Å². The molecule has 1 atom stereocenters. The highest BCUT2D eigenvalue weighted by Crippen LogP contribution is 2.12. The van der Waals surface area contributed by atoms with Gasteiger partial charge in [0.2, 0.25) is 5.91 Å². The standard InChI is InChI=1S/C24H23N3O4/c1-17(14-19-10-7-13-31-19)25-22(28)16-27-21-12-6-5-11-20(21)26(23(29)24(27)30)15-18-8-3-2-4-9-18/h2-13,17H,14-16H2,1H3,(H,25,28)/t17-/m1/s1. The van der Waals surface area contributed by atoms with Gasteiger partial charge < -0.3 is 9.73 Å². The molecule has 2 aromatic heterocycles. The third-order valence-electron chi connectivity index (χ3n) is 5.12. The second-order valence-corrected chi connectivity index (χ2v) is 7.51. The molecule has 7 heteroatoms. The largest absolute Gasteiger partial charge is 0.469 e. The molecule has 31 heavy (non-hydrogen) atoms. The van der Waals surface area contributed by atoms with Crippen LogP contribution in [0.3, 0.4) is 0 Å². The Hall–Kier alpha value is -3.87. The molecule has 1 N–H and O–H groups in total. The molecule has 7 nitrogen and oxygen atoms in total. The number of aromatic nitrogens is 2. The summed E-state index contributed by atoms with van der Waals surface area (Å²) >= 11 is 0. The number of furan rings is 1. The van der Waals surface area contributed by atoms with Crippen LogP contribution in [-0.4, -0.2) is 21.1 Å². The van der Waals surface area contributed by atoms with E-state index in [-0.39, 0.29) is 25.0 Å². The van der Waals surface area contributed by atoms with E-state index in [9.17, 15) is 14.4 Å². The number of rotatable bonds is 7. The first-order valence-corrected chi connectivity index (χ1v) is 10.1. The zero-order chi connectivity index (χ0) is 21.8. The Bertz CT molecular complexity index is 1300. The number of fused-ring (bicyclic) bond motifs is 1. The summed E-state index contributed by atoms with van der Waals surface area (Å²) in [4.78, 5) is 38.4. The van der Waals surface area contributed by atoms with Crippen LogP contribution in [0.5, 0.6) is 0 Å². The van der Waals surface area contributed by atoms with Crippen molar-refractivity contribution in [2.45, 2.75) is 32.5 Å². The SMILES string of the molecule is C[C@H](Cc1ccco1)NC(=O)Cn1c(=O)c(=O)n(Cc2ccccc2)c2ccccc21. The summed E-state index contributed by atoms with van der Waals surface area (Å²) in [7, 11) is 0. The molecule has 0 aliphatic carbocycles. The molecule has 4 rings (SSSR count). The fourth-order valence-electron chi connectivity index (χ4n) is 3.70. The lowest BCUT2D eigenvalue weighted by Crippen LogP contribution is -2.45. The summed E-state index contributed by atoms with van der Waals surface area (Å²) in [5, 5.41) is 2.86. The quantitative estimate of drug-likeness (QED) is 0.468. The number of benzene rings is 2. The molecular formula is C24H23N3O4. The van der Waals surface area contributed by atoms with Crippen LogP contribution < -0.4 is 16.4 Å². The Balaban J connectivity index is 1.63. The summed E-state index contributed by atoms with van der Waals surface area (Å²) in [5.74, 6) is 0.422. The topological polar surface area (TPSA) is 86.2 Å². The Kier molecular flexibility index (Phi) is 5.84.